The van der Waals surface area contributed by atoms with Crippen molar-refractivity contribution in [2.24, 2.45) is 0 Å². The summed E-state index contributed by atoms with van der Waals surface area (Å²) in [7, 11) is 0. The van der Waals surface area contributed by atoms with Gasteiger partial charge in [-0.05, 0) is 35.0 Å². The third kappa shape index (κ3) is 3.88. The van der Waals surface area contributed by atoms with E-state index in [-0.39, 0.29) is 18.3 Å². The highest BCUT2D eigenvalue weighted by atomic mass is 19.1. The summed E-state index contributed by atoms with van der Waals surface area (Å²) in [5, 5.41) is 12.7. The van der Waals surface area contributed by atoms with E-state index in [1.54, 1.807) is 30.3 Å². The summed E-state index contributed by atoms with van der Waals surface area (Å²) >= 11 is 0. The number of halogens is 1. The lowest BCUT2D eigenvalue weighted by Gasteiger charge is -2.07. The molecule has 156 valence electrons. The smallest absolute Gasteiger partial charge is 0.251 e. The van der Waals surface area contributed by atoms with Gasteiger partial charge in [-0.2, -0.15) is 5.10 Å². The van der Waals surface area contributed by atoms with E-state index in [1.165, 1.54) is 11.5 Å². The summed E-state index contributed by atoms with van der Waals surface area (Å²) in [6, 6.07) is 30.1. The number of fused-ring (bicyclic) bond motifs is 1. The maximum atomic E-state index is 13.7. The lowest BCUT2D eigenvalue weighted by atomic mass is 10.0. The Morgan fingerprint density at radius 3 is 2.47 bits per heavy atom. The highest BCUT2D eigenvalue weighted by molar-refractivity contribution is 5.96. The van der Waals surface area contributed by atoms with Gasteiger partial charge in [0.1, 0.15) is 5.82 Å². The number of rotatable bonds is 5. The first-order valence-corrected chi connectivity index (χ1v) is 10.3. The third-order valence-corrected chi connectivity index (χ3v) is 5.50. The number of nitrogens with zero attached hydrogens (tertiary/aromatic N) is 1. The maximum absolute atomic E-state index is 13.7. The van der Waals surface area contributed by atoms with E-state index in [9.17, 15) is 9.18 Å². The number of hydrogen-bond acceptors (Lipinski definition) is 2. The van der Waals surface area contributed by atoms with Crippen molar-refractivity contribution >= 4 is 16.7 Å². The first-order valence-electron chi connectivity index (χ1n) is 10.3. The van der Waals surface area contributed by atoms with Crippen LogP contribution in [0.5, 0.6) is 0 Å². The quantitative estimate of drug-likeness (QED) is 0.368. The van der Waals surface area contributed by atoms with E-state index >= 15 is 0 Å². The number of amides is 1. The molecular weight excluding hydrogens is 401 g/mol. The fourth-order valence-corrected chi connectivity index (χ4v) is 3.78. The number of hydrogen-bond donors (Lipinski definition) is 2. The van der Waals surface area contributed by atoms with Gasteiger partial charge in [0.05, 0.1) is 11.4 Å². The number of aromatic amines is 1. The molecule has 2 N–H and O–H groups in total. The minimum Gasteiger partial charge on any atom is -0.348 e. The van der Waals surface area contributed by atoms with Crippen molar-refractivity contribution in [3.8, 4) is 22.5 Å². The number of carbonyl (C=O) groups excluding carboxylic acids is 1. The number of H-pyrrole nitrogens is 1. The molecule has 0 bridgehead atoms. The Kier molecular flexibility index (Phi) is 5.22. The van der Waals surface area contributed by atoms with Crippen LogP contribution in [0.4, 0.5) is 4.39 Å². The van der Waals surface area contributed by atoms with Crippen LogP contribution in [0.2, 0.25) is 0 Å². The molecule has 4 aromatic carbocycles. The molecule has 0 radical (unpaired) electrons. The highest BCUT2D eigenvalue weighted by Gasteiger charge is 2.11. The first kappa shape index (κ1) is 19.7. The Labute approximate surface area is 184 Å². The number of benzene rings is 4. The van der Waals surface area contributed by atoms with Gasteiger partial charge in [0.2, 0.25) is 0 Å². The van der Waals surface area contributed by atoms with Gasteiger partial charge in [0, 0.05) is 28.8 Å². The van der Waals surface area contributed by atoms with Gasteiger partial charge in [-0.25, -0.2) is 4.39 Å². The second kappa shape index (κ2) is 8.47. The van der Waals surface area contributed by atoms with Crippen molar-refractivity contribution in [3.05, 3.63) is 114 Å². The number of aromatic nitrogens is 2. The molecule has 0 aliphatic carbocycles. The Bertz CT molecular complexity index is 1400. The van der Waals surface area contributed by atoms with E-state index in [1.807, 2.05) is 36.4 Å². The van der Waals surface area contributed by atoms with Gasteiger partial charge in [0.25, 0.3) is 5.91 Å². The molecule has 1 aromatic heterocycles. The number of nitrogens with one attached hydrogen (secondary N) is 2. The molecule has 5 rings (SSSR count). The largest absolute Gasteiger partial charge is 0.348 e. The van der Waals surface area contributed by atoms with E-state index in [0.29, 0.717) is 11.1 Å². The molecule has 5 heteroatoms. The van der Waals surface area contributed by atoms with Crippen molar-refractivity contribution in [1.29, 1.82) is 0 Å². The van der Waals surface area contributed by atoms with Crippen LogP contribution in [0.3, 0.4) is 0 Å². The molecule has 0 spiro atoms. The Morgan fingerprint density at radius 2 is 1.62 bits per heavy atom. The molecule has 0 fully saturated rings. The zero-order valence-electron chi connectivity index (χ0n) is 17.2. The lowest BCUT2D eigenvalue weighted by molar-refractivity contribution is 0.0950. The Balaban J connectivity index is 1.33. The van der Waals surface area contributed by atoms with Crippen LogP contribution in [0.15, 0.2) is 97.1 Å². The van der Waals surface area contributed by atoms with E-state index in [4.69, 9.17) is 0 Å². The Hall–Kier alpha value is -4.25. The topological polar surface area (TPSA) is 57.8 Å². The van der Waals surface area contributed by atoms with Crippen molar-refractivity contribution in [3.63, 3.8) is 0 Å². The molecule has 4 nitrogen and oxygen atoms in total. The van der Waals surface area contributed by atoms with Gasteiger partial charge in [-0.15, -0.1) is 0 Å². The van der Waals surface area contributed by atoms with Crippen molar-refractivity contribution in [1.82, 2.24) is 15.5 Å². The summed E-state index contributed by atoms with van der Waals surface area (Å²) < 4.78 is 13.7. The van der Waals surface area contributed by atoms with Gasteiger partial charge in [-0.1, -0.05) is 72.8 Å². The van der Waals surface area contributed by atoms with Crippen molar-refractivity contribution < 1.29 is 9.18 Å². The molecule has 1 heterocycles. The van der Waals surface area contributed by atoms with Crippen LogP contribution < -0.4 is 5.32 Å². The number of carbonyl (C=O) groups is 1. The molecule has 32 heavy (non-hydrogen) atoms. The first-order chi connectivity index (χ1) is 15.7. The predicted molar refractivity (Wildman–Crippen MR) is 125 cm³/mol. The third-order valence-electron chi connectivity index (χ3n) is 5.50. The maximum Gasteiger partial charge on any atom is 0.251 e. The van der Waals surface area contributed by atoms with Crippen molar-refractivity contribution in [2.75, 3.05) is 0 Å². The molecule has 0 unspecified atom stereocenters. The lowest BCUT2D eigenvalue weighted by Crippen LogP contribution is -2.23. The van der Waals surface area contributed by atoms with Gasteiger partial charge < -0.3 is 5.32 Å². The molecule has 0 saturated carbocycles. The molecular formula is C27H20FN3O. The normalized spacial score (nSPS) is 10.9. The second-order valence-electron chi connectivity index (χ2n) is 7.55. The van der Waals surface area contributed by atoms with E-state index in [2.05, 4.69) is 39.8 Å². The molecule has 1 amide bonds. The predicted octanol–water partition coefficient (Wildman–Crippen LogP) is 5.97. The van der Waals surface area contributed by atoms with Crippen LogP contribution in [-0.4, -0.2) is 16.1 Å². The molecule has 0 atom stereocenters. The summed E-state index contributed by atoms with van der Waals surface area (Å²) in [5.74, 6) is -0.582. The summed E-state index contributed by atoms with van der Waals surface area (Å²) in [4.78, 5) is 12.4. The van der Waals surface area contributed by atoms with Gasteiger partial charge in [0.15, 0.2) is 0 Å². The Morgan fingerprint density at radius 1 is 0.875 bits per heavy atom. The fraction of sp³-hybridized carbons (Fsp3) is 0.0370. The molecule has 5 aromatic rings. The second-order valence-corrected chi connectivity index (χ2v) is 7.55. The summed E-state index contributed by atoms with van der Waals surface area (Å²) in [6.07, 6.45) is 0. The zero-order chi connectivity index (χ0) is 21.9. The van der Waals surface area contributed by atoms with Crippen LogP contribution in [0.25, 0.3) is 33.3 Å². The molecule has 0 aliphatic rings. The van der Waals surface area contributed by atoms with E-state index in [0.717, 1.165) is 27.9 Å². The fourth-order valence-electron chi connectivity index (χ4n) is 3.78. The van der Waals surface area contributed by atoms with E-state index < -0.39 is 0 Å². The van der Waals surface area contributed by atoms with Gasteiger partial charge >= 0.3 is 0 Å². The van der Waals surface area contributed by atoms with Gasteiger partial charge in [-0.3, -0.25) is 9.89 Å². The standard InChI is InChI=1S/C27H20FN3O/c28-24-11-4-2-7-21(24)17-29-27(32)20-14-12-19(13-15-20)25-16-26(31-30-25)23-10-5-8-18-6-1-3-9-22(18)23/h1-16H,17H2,(H,29,32)(H,30,31). The van der Waals surface area contributed by atoms with Crippen molar-refractivity contribution in [2.45, 2.75) is 6.54 Å². The highest BCUT2D eigenvalue weighted by Crippen LogP contribution is 2.29. The van der Waals surface area contributed by atoms with Crippen LogP contribution >= 0.6 is 0 Å². The zero-order valence-corrected chi connectivity index (χ0v) is 17.2. The minimum absolute atomic E-state index is 0.140. The molecule has 0 aliphatic heterocycles. The minimum atomic E-state index is -0.330. The summed E-state index contributed by atoms with van der Waals surface area (Å²) in [6.45, 7) is 0.140. The molecule has 0 saturated heterocycles. The van der Waals surface area contributed by atoms with Crippen LogP contribution in [0, 0.1) is 5.82 Å². The SMILES string of the molecule is O=C(NCc1ccccc1F)c1ccc(-c2cc(-c3cccc4ccccc34)[nH]n2)cc1. The average molecular weight is 421 g/mol. The monoisotopic (exact) mass is 421 g/mol. The van der Waals surface area contributed by atoms with Crippen LogP contribution in [-0.2, 0) is 6.54 Å². The van der Waals surface area contributed by atoms with Crippen LogP contribution in [0.1, 0.15) is 15.9 Å². The summed E-state index contributed by atoms with van der Waals surface area (Å²) in [5.41, 5.74) is 4.68. The average Bonchev–Trinajstić information content (AvgIpc) is 3.33.